The summed E-state index contributed by atoms with van der Waals surface area (Å²) in [6.45, 7) is 1.98. The number of hydrogen-bond donors (Lipinski definition) is 1. The van der Waals surface area contributed by atoms with Gasteiger partial charge in [-0.25, -0.2) is 0 Å². The number of nitro groups is 1. The van der Waals surface area contributed by atoms with Crippen LogP contribution < -0.4 is 0 Å². The Morgan fingerprint density at radius 2 is 2.00 bits per heavy atom. The molecule has 0 aliphatic carbocycles. The lowest BCUT2D eigenvalue weighted by Gasteiger charge is -2.09. The number of unbranched alkanes of at least 4 members (excludes halogenated alkanes) is 1. The third kappa shape index (κ3) is 4.25. The van der Waals surface area contributed by atoms with Crippen LogP contribution in [0.15, 0.2) is 24.3 Å². The van der Waals surface area contributed by atoms with E-state index in [-0.39, 0.29) is 17.9 Å². The third-order valence-corrected chi connectivity index (χ3v) is 2.72. The van der Waals surface area contributed by atoms with Crippen LogP contribution in [0.25, 0.3) is 0 Å². The average molecular weight is 251 g/mol. The molecule has 1 aromatic carbocycles. The Bertz CT molecular complexity index is 414. The molecule has 1 unspecified atom stereocenters. The number of ketones is 1. The van der Waals surface area contributed by atoms with Crippen molar-refractivity contribution in [2.45, 2.75) is 38.7 Å². The Labute approximate surface area is 106 Å². The van der Waals surface area contributed by atoms with Crippen LogP contribution in [0.1, 0.15) is 31.7 Å². The number of nitrogens with zero attached hydrogens (tertiary/aromatic N) is 1. The van der Waals surface area contributed by atoms with Crippen molar-refractivity contribution in [3.05, 3.63) is 39.9 Å². The monoisotopic (exact) mass is 251 g/mol. The molecule has 0 heterocycles. The summed E-state index contributed by atoms with van der Waals surface area (Å²) in [7, 11) is 0. The standard InChI is InChI=1S/C13H17NO4/c1-2-3-4-12(15)13(16)9-10-5-7-11(8-6-10)14(17)18/h5-8,13,16H,2-4,9H2,1H3. The quantitative estimate of drug-likeness (QED) is 0.595. The molecule has 5 heteroatoms. The zero-order chi connectivity index (χ0) is 13.5. The maximum atomic E-state index is 11.5. The van der Waals surface area contributed by atoms with Gasteiger partial charge in [0.25, 0.3) is 5.69 Å². The van der Waals surface area contributed by atoms with E-state index in [0.717, 1.165) is 18.4 Å². The van der Waals surface area contributed by atoms with Crippen LogP contribution in [0.2, 0.25) is 0 Å². The molecule has 0 aromatic heterocycles. The minimum Gasteiger partial charge on any atom is -0.385 e. The van der Waals surface area contributed by atoms with E-state index in [0.29, 0.717) is 6.42 Å². The first kappa shape index (κ1) is 14.3. The molecule has 1 rings (SSSR count). The molecule has 0 radical (unpaired) electrons. The maximum absolute atomic E-state index is 11.5. The van der Waals surface area contributed by atoms with Gasteiger partial charge in [-0.2, -0.15) is 0 Å². The van der Waals surface area contributed by atoms with Gasteiger partial charge in [-0.3, -0.25) is 14.9 Å². The highest BCUT2D eigenvalue weighted by Gasteiger charge is 2.15. The van der Waals surface area contributed by atoms with Gasteiger partial charge >= 0.3 is 0 Å². The number of benzene rings is 1. The number of rotatable bonds is 7. The molecule has 0 aliphatic heterocycles. The van der Waals surface area contributed by atoms with Gasteiger partial charge in [-0.15, -0.1) is 0 Å². The fourth-order valence-electron chi connectivity index (χ4n) is 1.61. The second kappa shape index (κ2) is 6.86. The lowest BCUT2D eigenvalue weighted by Crippen LogP contribution is -2.22. The van der Waals surface area contributed by atoms with Crippen molar-refractivity contribution in [1.82, 2.24) is 0 Å². The van der Waals surface area contributed by atoms with Crippen molar-refractivity contribution in [3.63, 3.8) is 0 Å². The average Bonchev–Trinajstić information content (AvgIpc) is 2.36. The Morgan fingerprint density at radius 3 is 2.50 bits per heavy atom. The number of non-ortho nitro benzene ring substituents is 1. The Balaban J connectivity index is 2.56. The van der Waals surface area contributed by atoms with E-state index < -0.39 is 11.0 Å². The molecule has 0 amide bonds. The van der Waals surface area contributed by atoms with Crippen molar-refractivity contribution in [3.8, 4) is 0 Å². The molecule has 0 bridgehead atoms. The van der Waals surface area contributed by atoms with E-state index in [2.05, 4.69) is 0 Å². The van der Waals surface area contributed by atoms with E-state index in [4.69, 9.17) is 0 Å². The number of hydrogen-bond acceptors (Lipinski definition) is 4. The molecular weight excluding hydrogens is 234 g/mol. The van der Waals surface area contributed by atoms with Gasteiger partial charge in [0.1, 0.15) is 6.10 Å². The zero-order valence-electron chi connectivity index (χ0n) is 10.3. The Kier molecular flexibility index (Phi) is 5.45. The first-order valence-corrected chi connectivity index (χ1v) is 5.98. The van der Waals surface area contributed by atoms with E-state index in [9.17, 15) is 20.0 Å². The molecule has 18 heavy (non-hydrogen) atoms. The molecule has 1 N–H and O–H groups in total. The second-order valence-corrected chi connectivity index (χ2v) is 4.21. The summed E-state index contributed by atoms with van der Waals surface area (Å²) in [4.78, 5) is 21.5. The van der Waals surface area contributed by atoms with Gasteiger partial charge in [0.15, 0.2) is 5.78 Å². The summed E-state index contributed by atoms with van der Waals surface area (Å²) < 4.78 is 0. The maximum Gasteiger partial charge on any atom is 0.269 e. The fourth-order valence-corrected chi connectivity index (χ4v) is 1.61. The summed E-state index contributed by atoms with van der Waals surface area (Å²) >= 11 is 0. The summed E-state index contributed by atoms with van der Waals surface area (Å²) in [5, 5.41) is 20.2. The van der Waals surface area contributed by atoms with Crippen LogP contribution in [-0.2, 0) is 11.2 Å². The summed E-state index contributed by atoms with van der Waals surface area (Å²) in [6.07, 6.45) is 1.26. The number of Topliss-reactive ketones (excluding diaryl/α,β-unsaturated/α-hetero) is 1. The summed E-state index contributed by atoms with van der Waals surface area (Å²) in [5.41, 5.74) is 0.725. The van der Waals surface area contributed by atoms with Gasteiger partial charge in [0.05, 0.1) is 4.92 Å². The summed E-state index contributed by atoms with van der Waals surface area (Å²) in [5.74, 6) is -0.171. The molecule has 0 fully saturated rings. The van der Waals surface area contributed by atoms with Gasteiger partial charge in [0.2, 0.25) is 0 Å². The van der Waals surface area contributed by atoms with Gasteiger partial charge in [0, 0.05) is 25.0 Å². The Morgan fingerprint density at radius 1 is 1.39 bits per heavy atom. The van der Waals surface area contributed by atoms with Crippen LogP contribution in [-0.4, -0.2) is 21.9 Å². The van der Waals surface area contributed by atoms with E-state index >= 15 is 0 Å². The normalized spacial score (nSPS) is 12.1. The number of carbonyl (C=O) groups excluding carboxylic acids is 1. The van der Waals surface area contributed by atoms with Crippen molar-refractivity contribution in [2.24, 2.45) is 0 Å². The topological polar surface area (TPSA) is 80.4 Å². The number of aliphatic hydroxyl groups is 1. The molecular formula is C13H17NO4. The summed E-state index contributed by atoms with van der Waals surface area (Å²) in [6, 6.07) is 5.88. The van der Waals surface area contributed by atoms with Gasteiger partial charge in [-0.1, -0.05) is 25.5 Å². The van der Waals surface area contributed by atoms with E-state index in [1.165, 1.54) is 12.1 Å². The lowest BCUT2D eigenvalue weighted by molar-refractivity contribution is -0.384. The predicted octanol–water partition coefficient (Wildman–Crippen LogP) is 2.26. The minimum absolute atomic E-state index is 0.00514. The van der Waals surface area contributed by atoms with E-state index in [1.54, 1.807) is 12.1 Å². The van der Waals surface area contributed by atoms with Crippen molar-refractivity contribution in [2.75, 3.05) is 0 Å². The van der Waals surface area contributed by atoms with Crippen molar-refractivity contribution in [1.29, 1.82) is 0 Å². The Hall–Kier alpha value is -1.75. The molecule has 5 nitrogen and oxygen atoms in total. The highest BCUT2D eigenvalue weighted by molar-refractivity contribution is 5.83. The first-order valence-electron chi connectivity index (χ1n) is 5.98. The molecule has 0 aliphatic rings. The molecule has 0 saturated carbocycles. The van der Waals surface area contributed by atoms with E-state index in [1.807, 2.05) is 6.92 Å². The molecule has 0 spiro atoms. The van der Waals surface area contributed by atoms with Crippen molar-refractivity contribution < 1.29 is 14.8 Å². The zero-order valence-corrected chi connectivity index (χ0v) is 10.3. The second-order valence-electron chi connectivity index (χ2n) is 4.21. The van der Waals surface area contributed by atoms with Crippen molar-refractivity contribution >= 4 is 11.5 Å². The SMILES string of the molecule is CCCCC(=O)C(O)Cc1ccc([N+](=O)[O-])cc1. The molecule has 98 valence electrons. The van der Waals surface area contributed by atoms with Gasteiger partial charge < -0.3 is 5.11 Å². The smallest absolute Gasteiger partial charge is 0.269 e. The molecule has 1 atom stereocenters. The molecule has 0 saturated heterocycles. The lowest BCUT2D eigenvalue weighted by atomic mass is 10.0. The van der Waals surface area contributed by atoms with Gasteiger partial charge in [-0.05, 0) is 12.0 Å². The van der Waals surface area contributed by atoms with Crippen LogP contribution in [0.3, 0.4) is 0 Å². The highest BCUT2D eigenvalue weighted by atomic mass is 16.6. The van der Waals surface area contributed by atoms with Crippen LogP contribution in [0.5, 0.6) is 0 Å². The fraction of sp³-hybridized carbons (Fsp3) is 0.462. The first-order chi connectivity index (χ1) is 8.54. The number of aliphatic hydroxyl groups excluding tert-OH is 1. The highest BCUT2D eigenvalue weighted by Crippen LogP contribution is 2.14. The predicted molar refractivity (Wildman–Crippen MR) is 67.3 cm³/mol. The number of nitro benzene ring substituents is 1. The largest absolute Gasteiger partial charge is 0.385 e. The van der Waals surface area contributed by atoms with Crippen LogP contribution >= 0.6 is 0 Å². The minimum atomic E-state index is -1.02. The number of carbonyl (C=O) groups is 1. The molecule has 1 aromatic rings. The van der Waals surface area contributed by atoms with Crippen LogP contribution in [0.4, 0.5) is 5.69 Å². The third-order valence-electron chi connectivity index (χ3n) is 2.72. The van der Waals surface area contributed by atoms with Crippen LogP contribution in [0, 0.1) is 10.1 Å².